The number of hydrogen-bond acceptors (Lipinski definition) is 8. The number of rotatable bonds is 65. The average molecular weight is 1230 g/mol. The molecule has 7 atom stereocenters. The molecular formula is C79H141NO8. The largest absolute Gasteiger partial charge is 0.394 e. The molecule has 0 aromatic heterocycles. The van der Waals surface area contributed by atoms with Gasteiger partial charge in [-0.2, -0.15) is 0 Å². The molecule has 88 heavy (non-hydrogen) atoms. The number of nitrogens with one attached hydrogen (secondary N) is 1. The monoisotopic (exact) mass is 1230 g/mol. The minimum absolute atomic E-state index is 0.143. The van der Waals surface area contributed by atoms with Crippen LogP contribution in [0.3, 0.4) is 0 Å². The van der Waals surface area contributed by atoms with Crippen LogP contribution in [0.15, 0.2) is 97.2 Å². The molecule has 0 spiro atoms. The van der Waals surface area contributed by atoms with Crippen LogP contribution in [0.2, 0.25) is 0 Å². The second-order valence-electron chi connectivity index (χ2n) is 25.7. The maximum Gasteiger partial charge on any atom is 0.220 e. The van der Waals surface area contributed by atoms with Gasteiger partial charge < -0.3 is 40.3 Å². The van der Waals surface area contributed by atoms with Gasteiger partial charge in [-0.25, -0.2) is 0 Å². The lowest BCUT2D eigenvalue weighted by molar-refractivity contribution is -0.302. The summed E-state index contributed by atoms with van der Waals surface area (Å²) >= 11 is 0. The van der Waals surface area contributed by atoms with E-state index < -0.39 is 49.5 Å². The number of carbonyl (C=O) groups excluding carboxylic acids is 1. The van der Waals surface area contributed by atoms with Crippen molar-refractivity contribution >= 4 is 5.91 Å². The Morgan fingerprint density at radius 3 is 1.05 bits per heavy atom. The molecule has 1 fully saturated rings. The van der Waals surface area contributed by atoms with E-state index in [1.54, 1.807) is 0 Å². The van der Waals surface area contributed by atoms with Crippen molar-refractivity contribution in [2.24, 2.45) is 0 Å². The lowest BCUT2D eigenvalue weighted by Gasteiger charge is -2.40. The second kappa shape index (κ2) is 67.0. The second-order valence-corrected chi connectivity index (χ2v) is 25.7. The van der Waals surface area contributed by atoms with Crippen molar-refractivity contribution in [1.82, 2.24) is 5.32 Å². The van der Waals surface area contributed by atoms with E-state index in [1.165, 1.54) is 218 Å². The summed E-state index contributed by atoms with van der Waals surface area (Å²) in [6.07, 6.45) is 90.5. The first-order chi connectivity index (χ1) is 43.3. The topological polar surface area (TPSA) is 149 Å². The highest BCUT2D eigenvalue weighted by molar-refractivity contribution is 5.76. The van der Waals surface area contributed by atoms with E-state index in [2.05, 4.69) is 116 Å². The number of carbonyl (C=O) groups is 1. The lowest BCUT2D eigenvalue weighted by Crippen LogP contribution is -2.60. The van der Waals surface area contributed by atoms with Crippen LogP contribution in [0, 0.1) is 0 Å². The van der Waals surface area contributed by atoms with Crippen molar-refractivity contribution in [3.63, 3.8) is 0 Å². The molecule has 9 heteroatoms. The molecule has 0 aliphatic carbocycles. The summed E-state index contributed by atoms with van der Waals surface area (Å²) in [6, 6.07) is -0.730. The zero-order valence-corrected chi connectivity index (χ0v) is 57.2. The molecule has 0 aromatic carbocycles. The molecule has 1 heterocycles. The van der Waals surface area contributed by atoms with E-state index >= 15 is 0 Å². The van der Waals surface area contributed by atoms with Gasteiger partial charge in [0.05, 0.1) is 25.4 Å². The van der Waals surface area contributed by atoms with Crippen LogP contribution >= 0.6 is 0 Å². The summed E-state index contributed by atoms with van der Waals surface area (Å²) in [5.74, 6) is -0.148. The zero-order chi connectivity index (χ0) is 63.5. The predicted molar refractivity (Wildman–Crippen MR) is 378 cm³/mol. The fourth-order valence-corrected chi connectivity index (χ4v) is 11.7. The molecule has 1 aliphatic rings. The molecule has 9 nitrogen and oxygen atoms in total. The van der Waals surface area contributed by atoms with Crippen LogP contribution in [-0.4, -0.2) is 87.5 Å². The Kier molecular flexibility index (Phi) is 63.3. The first-order valence-corrected chi connectivity index (χ1v) is 37.4. The molecule has 0 bridgehead atoms. The Hall–Kier alpha value is -2.89. The van der Waals surface area contributed by atoms with Gasteiger partial charge in [0.1, 0.15) is 24.4 Å². The normalized spacial score (nSPS) is 18.5. The third kappa shape index (κ3) is 54.8. The van der Waals surface area contributed by atoms with Gasteiger partial charge in [-0.15, -0.1) is 0 Å². The third-order valence-electron chi connectivity index (χ3n) is 17.5. The van der Waals surface area contributed by atoms with Crippen LogP contribution in [0.25, 0.3) is 0 Å². The Labute approximate surface area is 543 Å². The minimum atomic E-state index is -1.56. The van der Waals surface area contributed by atoms with E-state index in [1.807, 2.05) is 0 Å². The molecule has 510 valence electrons. The van der Waals surface area contributed by atoms with Gasteiger partial charge in [0.15, 0.2) is 6.29 Å². The van der Waals surface area contributed by atoms with Crippen molar-refractivity contribution in [2.45, 2.75) is 384 Å². The molecule has 7 unspecified atom stereocenters. The third-order valence-corrected chi connectivity index (χ3v) is 17.5. The Morgan fingerprint density at radius 2 is 0.705 bits per heavy atom. The van der Waals surface area contributed by atoms with Gasteiger partial charge in [0.25, 0.3) is 0 Å². The molecule has 1 aliphatic heterocycles. The first kappa shape index (κ1) is 83.1. The zero-order valence-electron chi connectivity index (χ0n) is 57.2. The molecule has 0 radical (unpaired) electrons. The van der Waals surface area contributed by atoms with E-state index in [0.717, 1.165) is 96.3 Å². The summed E-state index contributed by atoms with van der Waals surface area (Å²) in [5, 5.41) is 55.0. The Morgan fingerprint density at radius 1 is 0.398 bits per heavy atom. The van der Waals surface area contributed by atoms with Gasteiger partial charge in [0.2, 0.25) is 5.91 Å². The summed E-state index contributed by atoms with van der Waals surface area (Å²) in [6.45, 7) is 3.76. The maximum absolute atomic E-state index is 13.2. The number of allylic oxidation sites excluding steroid dienone is 16. The average Bonchev–Trinajstić information content (AvgIpc) is 3.65. The molecule has 6 N–H and O–H groups in total. The van der Waals surface area contributed by atoms with Crippen molar-refractivity contribution < 1.29 is 39.8 Å². The number of aliphatic hydroxyl groups excluding tert-OH is 5. The van der Waals surface area contributed by atoms with Gasteiger partial charge in [-0.1, -0.05) is 355 Å². The fourth-order valence-electron chi connectivity index (χ4n) is 11.7. The van der Waals surface area contributed by atoms with E-state index in [9.17, 15) is 30.3 Å². The van der Waals surface area contributed by atoms with Crippen LogP contribution < -0.4 is 5.32 Å². The van der Waals surface area contributed by atoms with Crippen molar-refractivity contribution in [2.75, 3.05) is 13.2 Å². The first-order valence-electron chi connectivity index (χ1n) is 37.4. The molecule has 0 saturated carbocycles. The van der Waals surface area contributed by atoms with Gasteiger partial charge >= 0.3 is 0 Å². The molecule has 1 amide bonds. The van der Waals surface area contributed by atoms with Gasteiger partial charge in [-0.3, -0.25) is 4.79 Å². The van der Waals surface area contributed by atoms with Gasteiger partial charge in [0, 0.05) is 6.42 Å². The molecule has 0 aromatic rings. The van der Waals surface area contributed by atoms with Gasteiger partial charge in [-0.05, 0) is 77.0 Å². The fraction of sp³-hybridized carbons (Fsp3) is 0.785. The Balaban J connectivity index is 2.12. The lowest BCUT2D eigenvalue weighted by atomic mass is 9.99. The van der Waals surface area contributed by atoms with Crippen LogP contribution in [0.4, 0.5) is 0 Å². The quantitative estimate of drug-likeness (QED) is 0.0261. The molecule has 1 saturated heterocycles. The highest BCUT2D eigenvalue weighted by atomic mass is 16.7. The van der Waals surface area contributed by atoms with Crippen LogP contribution in [0.5, 0.6) is 0 Å². The Bertz CT molecular complexity index is 1720. The summed E-state index contributed by atoms with van der Waals surface area (Å²) in [7, 11) is 0. The van der Waals surface area contributed by atoms with Crippen molar-refractivity contribution in [1.29, 1.82) is 0 Å². The smallest absolute Gasteiger partial charge is 0.220 e. The molecular weight excluding hydrogens is 1090 g/mol. The highest BCUT2D eigenvalue weighted by Crippen LogP contribution is 2.24. The number of amides is 1. The summed E-state index contributed by atoms with van der Waals surface area (Å²) < 4.78 is 11.4. The standard InChI is InChI=1S/C79H141NO8/c1-3-5-7-9-11-13-15-17-19-21-23-25-27-29-31-33-35-36-37-38-39-41-43-45-47-49-51-53-55-57-59-61-63-65-67-69-75(83)80-72(71-87-79-78(86)77(85)76(84)74(70-81)88-79)73(82)68-66-64-62-60-58-56-54-52-50-48-46-44-42-40-34-32-30-28-26-24-22-20-18-16-14-12-10-8-6-4-2/h5,7,11,13,17,19,23,25,29,31,35-36,38-39,43,45,72-74,76-79,81-82,84-86H,3-4,6,8-10,12,14-16,18,20-22,24,26-28,30,32-34,37,40-42,44,46-71H2,1-2H3,(H,80,83)/b7-5-,13-11-,19-17-,25-23-,31-29-,36-35-,39-38-,45-43-. The number of aliphatic hydroxyl groups is 5. The van der Waals surface area contributed by atoms with Crippen LogP contribution in [0.1, 0.15) is 341 Å². The highest BCUT2D eigenvalue weighted by Gasteiger charge is 2.44. The maximum atomic E-state index is 13.2. The van der Waals surface area contributed by atoms with E-state index in [4.69, 9.17) is 9.47 Å². The summed E-state index contributed by atoms with van der Waals surface area (Å²) in [5.41, 5.74) is 0. The number of ether oxygens (including phenoxy) is 2. The SMILES string of the molecule is CC/C=C\C/C=C\C/C=C\C/C=C\C/C=C\C/C=C\C/C=C\C/C=C\CCCCCCCCCCCCC(=O)NC(COC1OC(CO)C(O)C(O)C1O)C(O)CCCCCCCCCCCCCCCCCCCCCCCCCCCCCCCC. The van der Waals surface area contributed by atoms with E-state index in [-0.39, 0.29) is 12.5 Å². The van der Waals surface area contributed by atoms with E-state index in [0.29, 0.717) is 12.8 Å². The van der Waals surface area contributed by atoms with Crippen LogP contribution in [-0.2, 0) is 14.3 Å². The number of unbranched alkanes of at least 4 members (excludes halogenated alkanes) is 39. The summed E-state index contributed by atoms with van der Waals surface area (Å²) in [4.78, 5) is 13.2. The minimum Gasteiger partial charge on any atom is -0.394 e. The number of hydrogen-bond donors (Lipinski definition) is 6. The van der Waals surface area contributed by atoms with Crippen molar-refractivity contribution in [3.05, 3.63) is 97.2 Å². The predicted octanol–water partition coefficient (Wildman–Crippen LogP) is 21.0. The van der Waals surface area contributed by atoms with Crippen molar-refractivity contribution in [3.8, 4) is 0 Å². The molecule has 1 rings (SSSR count).